The molecule has 0 aliphatic rings. The van der Waals surface area contributed by atoms with Crippen LogP contribution in [0.2, 0.25) is 0 Å². The van der Waals surface area contributed by atoms with E-state index in [2.05, 4.69) is 22.9 Å². The normalized spacial score (nSPS) is 10.3. The summed E-state index contributed by atoms with van der Waals surface area (Å²) in [6.45, 7) is 2.50. The second-order valence-corrected chi connectivity index (χ2v) is 4.31. The van der Waals surface area contributed by atoms with Crippen molar-refractivity contribution in [2.24, 2.45) is 0 Å². The van der Waals surface area contributed by atoms with Crippen LogP contribution in [0.5, 0.6) is 5.75 Å². The molecule has 0 fully saturated rings. The summed E-state index contributed by atoms with van der Waals surface area (Å²) < 4.78 is 18.7. The summed E-state index contributed by atoms with van der Waals surface area (Å²) in [6.07, 6.45) is 2.27. The molecule has 84 valence electrons. The van der Waals surface area contributed by atoms with E-state index >= 15 is 0 Å². The number of halogens is 2. The van der Waals surface area contributed by atoms with Gasteiger partial charge in [0.05, 0.1) is 13.3 Å². The first-order valence-corrected chi connectivity index (χ1v) is 6.04. The lowest BCUT2D eigenvalue weighted by atomic mass is 10.1. The highest BCUT2D eigenvalue weighted by molar-refractivity contribution is 9.10. The van der Waals surface area contributed by atoms with Crippen LogP contribution in [0.15, 0.2) is 22.7 Å². The molecule has 0 aliphatic carbocycles. The summed E-state index contributed by atoms with van der Waals surface area (Å²) in [6, 6.07) is 5.89. The third kappa shape index (κ3) is 4.20. The van der Waals surface area contributed by atoms with E-state index in [0.29, 0.717) is 13.0 Å². The van der Waals surface area contributed by atoms with Crippen molar-refractivity contribution in [2.45, 2.75) is 26.2 Å². The van der Waals surface area contributed by atoms with Gasteiger partial charge in [-0.2, -0.15) is 0 Å². The van der Waals surface area contributed by atoms with Crippen molar-refractivity contribution < 1.29 is 9.13 Å². The number of hydrogen-bond donors (Lipinski definition) is 0. The molecule has 0 N–H and O–H groups in total. The van der Waals surface area contributed by atoms with Crippen molar-refractivity contribution in [1.29, 1.82) is 0 Å². The van der Waals surface area contributed by atoms with Crippen LogP contribution in [-0.2, 0) is 6.42 Å². The zero-order chi connectivity index (χ0) is 11.1. The molecular weight excluding hydrogens is 259 g/mol. The molecule has 1 nitrogen and oxygen atoms in total. The standard InChI is InChI=1S/C12H16BrFO/c1-2-8-15-12-6-5-11(13)9-10(12)4-3-7-14/h5-6,9H,2-4,7-8H2,1H3. The van der Waals surface area contributed by atoms with E-state index < -0.39 is 0 Å². The van der Waals surface area contributed by atoms with Crippen LogP contribution in [0, 0.1) is 0 Å². The highest BCUT2D eigenvalue weighted by Gasteiger charge is 2.04. The Hall–Kier alpha value is -0.570. The summed E-state index contributed by atoms with van der Waals surface area (Å²) in [5.41, 5.74) is 1.08. The summed E-state index contributed by atoms with van der Waals surface area (Å²) >= 11 is 3.41. The molecule has 0 saturated carbocycles. The fourth-order valence-electron chi connectivity index (χ4n) is 1.35. The lowest BCUT2D eigenvalue weighted by molar-refractivity contribution is 0.313. The molecule has 0 heterocycles. The summed E-state index contributed by atoms with van der Waals surface area (Å²) in [5.74, 6) is 0.883. The third-order valence-electron chi connectivity index (χ3n) is 2.06. The van der Waals surface area contributed by atoms with Gasteiger partial charge in [0.15, 0.2) is 0 Å². The molecule has 0 radical (unpaired) electrons. The zero-order valence-electron chi connectivity index (χ0n) is 8.93. The Morgan fingerprint density at radius 2 is 2.20 bits per heavy atom. The van der Waals surface area contributed by atoms with Crippen molar-refractivity contribution in [1.82, 2.24) is 0 Å². The van der Waals surface area contributed by atoms with Crippen LogP contribution in [0.4, 0.5) is 4.39 Å². The van der Waals surface area contributed by atoms with Gasteiger partial charge in [-0.1, -0.05) is 22.9 Å². The van der Waals surface area contributed by atoms with Gasteiger partial charge in [-0.25, -0.2) is 0 Å². The molecule has 0 atom stereocenters. The molecule has 3 heteroatoms. The van der Waals surface area contributed by atoms with Gasteiger partial charge in [-0.3, -0.25) is 4.39 Å². The van der Waals surface area contributed by atoms with E-state index in [1.54, 1.807) is 0 Å². The van der Waals surface area contributed by atoms with Gasteiger partial charge in [-0.05, 0) is 43.0 Å². The molecule has 1 aromatic rings. The maximum atomic E-state index is 12.1. The van der Waals surface area contributed by atoms with Crippen LogP contribution >= 0.6 is 15.9 Å². The fourth-order valence-corrected chi connectivity index (χ4v) is 1.76. The molecular formula is C12H16BrFO. The van der Waals surface area contributed by atoms with E-state index in [9.17, 15) is 4.39 Å². The first-order chi connectivity index (χ1) is 7.27. The largest absolute Gasteiger partial charge is 0.493 e. The van der Waals surface area contributed by atoms with Crippen molar-refractivity contribution in [3.63, 3.8) is 0 Å². The van der Waals surface area contributed by atoms with E-state index in [4.69, 9.17) is 4.74 Å². The number of alkyl halides is 1. The molecule has 0 amide bonds. The van der Waals surface area contributed by atoms with Gasteiger partial charge < -0.3 is 4.74 Å². The van der Waals surface area contributed by atoms with E-state index in [-0.39, 0.29) is 6.67 Å². The van der Waals surface area contributed by atoms with Crippen molar-refractivity contribution in [3.05, 3.63) is 28.2 Å². The smallest absolute Gasteiger partial charge is 0.122 e. The molecule has 0 aromatic heterocycles. The second kappa shape index (κ2) is 6.83. The molecule has 0 bridgehead atoms. The molecule has 0 aliphatic heterocycles. The van der Waals surface area contributed by atoms with E-state index in [0.717, 1.165) is 28.6 Å². The number of aryl methyl sites for hydroxylation is 1. The Bertz CT molecular complexity index is 302. The lowest BCUT2D eigenvalue weighted by Crippen LogP contribution is -1.99. The average Bonchev–Trinajstić information content (AvgIpc) is 2.25. The first kappa shape index (κ1) is 12.5. The highest BCUT2D eigenvalue weighted by atomic mass is 79.9. The van der Waals surface area contributed by atoms with Gasteiger partial charge in [0.2, 0.25) is 0 Å². The second-order valence-electron chi connectivity index (χ2n) is 3.39. The molecule has 1 rings (SSSR count). The predicted molar refractivity (Wildman–Crippen MR) is 64.2 cm³/mol. The zero-order valence-corrected chi connectivity index (χ0v) is 10.5. The number of benzene rings is 1. The third-order valence-corrected chi connectivity index (χ3v) is 2.56. The highest BCUT2D eigenvalue weighted by Crippen LogP contribution is 2.24. The maximum absolute atomic E-state index is 12.1. The molecule has 1 aromatic carbocycles. The van der Waals surface area contributed by atoms with Crippen LogP contribution in [-0.4, -0.2) is 13.3 Å². The topological polar surface area (TPSA) is 9.23 Å². The predicted octanol–water partition coefficient (Wildman–Crippen LogP) is 4.14. The molecule has 0 unspecified atom stereocenters. The van der Waals surface area contributed by atoms with E-state index in [1.165, 1.54) is 0 Å². The van der Waals surface area contributed by atoms with Crippen LogP contribution < -0.4 is 4.74 Å². The minimum Gasteiger partial charge on any atom is -0.493 e. The summed E-state index contributed by atoms with van der Waals surface area (Å²) in [5, 5.41) is 0. The summed E-state index contributed by atoms with van der Waals surface area (Å²) in [7, 11) is 0. The van der Waals surface area contributed by atoms with Crippen molar-refractivity contribution in [2.75, 3.05) is 13.3 Å². The molecule has 0 saturated heterocycles. The van der Waals surface area contributed by atoms with Crippen LogP contribution in [0.3, 0.4) is 0 Å². The molecule has 15 heavy (non-hydrogen) atoms. The Labute approximate surface area is 98.8 Å². The first-order valence-electron chi connectivity index (χ1n) is 5.25. The van der Waals surface area contributed by atoms with Crippen molar-refractivity contribution in [3.8, 4) is 5.75 Å². The van der Waals surface area contributed by atoms with Crippen LogP contribution in [0.25, 0.3) is 0 Å². The Morgan fingerprint density at radius 1 is 1.40 bits per heavy atom. The number of hydrogen-bond acceptors (Lipinski definition) is 1. The average molecular weight is 275 g/mol. The van der Waals surface area contributed by atoms with Gasteiger partial charge >= 0.3 is 0 Å². The van der Waals surface area contributed by atoms with Gasteiger partial charge in [0.25, 0.3) is 0 Å². The SMILES string of the molecule is CCCOc1ccc(Br)cc1CCCF. The Morgan fingerprint density at radius 3 is 2.87 bits per heavy atom. The van der Waals surface area contributed by atoms with Crippen LogP contribution in [0.1, 0.15) is 25.3 Å². The number of ether oxygens (including phenoxy) is 1. The maximum Gasteiger partial charge on any atom is 0.122 e. The molecule has 0 spiro atoms. The lowest BCUT2D eigenvalue weighted by Gasteiger charge is -2.10. The quantitative estimate of drug-likeness (QED) is 0.758. The van der Waals surface area contributed by atoms with Gasteiger partial charge in [0, 0.05) is 4.47 Å². The fraction of sp³-hybridized carbons (Fsp3) is 0.500. The van der Waals surface area contributed by atoms with Crippen molar-refractivity contribution >= 4 is 15.9 Å². The Balaban J connectivity index is 2.73. The monoisotopic (exact) mass is 274 g/mol. The number of rotatable bonds is 6. The minimum absolute atomic E-state index is 0.278. The van der Waals surface area contributed by atoms with Gasteiger partial charge in [0.1, 0.15) is 5.75 Å². The summed E-state index contributed by atoms with van der Waals surface area (Å²) in [4.78, 5) is 0. The van der Waals surface area contributed by atoms with E-state index in [1.807, 2.05) is 18.2 Å². The Kier molecular flexibility index (Phi) is 5.69. The van der Waals surface area contributed by atoms with Gasteiger partial charge in [-0.15, -0.1) is 0 Å². The minimum atomic E-state index is -0.278.